The molecule has 2 aliphatic rings. The molecular formula is C16H26FN3O4. The molecule has 7 nitrogen and oxygen atoms in total. The van der Waals surface area contributed by atoms with E-state index in [1.54, 1.807) is 20.8 Å². The lowest BCUT2D eigenvalue weighted by atomic mass is 9.85. The molecule has 1 saturated carbocycles. The van der Waals surface area contributed by atoms with Gasteiger partial charge in [-0.25, -0.2) is 4.39 Å². The van der Waals surface area contributed by atoms with Gasteiger partial charge in [0.25, 0.3) is 5.91 Å². The maximum atomic E-state index is 14.0. The van der Waals surface area contributed by atoms with E-state index in [0.29, 0.717) is 0 Å². The quantitative estimate of drug-likeness (QED) is 0.654. The third-order valence-electron chi connectivity index (χ3n) is 4.60. The second-order valence-corrected chi connectivity index (χ2v) is 7.75. The highest BCUT2D eigenvalue weighted by Crippen LogP contribution is 2.40. The van der Waals surface area contributed by atoms with Crippen molar-refractivity contribution in [2.24, 2.45) is 5.41 Å². The van der Waals surface area contributed by atoms with Crippen LogP contribution in [-0.2, 0) is 14.4 Å². The largest absolute Gasteiger partial charge is 0.391 e. The smallest absolute Gasteiger partial charge is 0.258 e. The van der Waals surface area contributed by atoms with E-state index in [-0.39, 0.29) is 31.7 Å². The Morgan fingerprint density at radius 3 is 2.33 bits per heavy atom. The summed E-state index contributed by atoms with van der Waals surface area (Å²) in [4.78, 5) is 38.3. The molecule has 136 valence electrons. The van der Waals surface area contributed by atoms with Gasteiger partial charge in [0, 0.05) is 20.0 Å². The minimum atomic E-state index is -1.88. The van der Waals surface area contributed by atoms with Gasteiger partial charge in [0.05, 0.1) is 6.10 Å². The van der Waals surface area contributed by atoms with E-state index in [1.165, 1.54) is 11.9 Å². The third-order valence-corrected chi connectivity index (χ3v) is 4.60. The zero-order valence-corrected chi connectivity index (χ0v) is 14.6. The van der Waals surface area contributed by atoms with Crippen molar-refractivity contribution in [3.05, 3.63) is 0 Å². The number of aliphatic hydroxyl groups excluding tert-OH is 1. The molecule has 1 heterocycles. The molecule has 0 spiro atoms. The molecular weight excluding hydrogens is 317 g/mol. The van der Waals surface area contributed by atoms with Crippen molar-refractivity contribution in [3.8, 4) is 0 Å². The summed E-state index contributed by atoms with van der Waals surface area (Å²) in [6, 6.07) is -1.77. The Morgan fingerprint density at radius 1 is 1.29 bits per heavy atom. The van der Waals surface area contributed by atoms with E-state index in [1.807, 2.05) is 0 Å². The number of hydrogen-bond donors (Lipinski definition) is 3. The fourth-order valence-corrected chi connectivity index (χ4v) is 2.88. The zero-order chi connectivity index (χ0) is 18.3. The summed E-state index contributed by atoms with van der Waals surface area (Å²) in [5, 5.41) is 14.8. The molecule has 3 N–H and O–H groups in total. The average Bonchev–Trinajstić information content (AvgIpc) is 3.12. The van der Waals surface area contributed by atoms with Gasteiger partial charge in [0.1, 0.15) is 12.1 Å². The molecule has 3 atom stereocenters. The van der Waals surface area contributed by atoms with E-state index in [2.05, 4.69) is 10.6 Å². The molecule has 24 heavy (non-hydrogen) atoms. The van der Waals surface area contributed by atoms with Crippen LogP contribution in [0.2, 0.25) is 0 Å². The molecule has 0 aromatic heterocycles. The van der Waals surface area contributed by atoms with Gasteiger partial charge in [-0.1, -0.05) is 20.8 Å². The summed E-state index contributed by atoms with van der Waals surface area (Å²) < 4.78 is 14.0. The van der Waals surface area contributed by atoms with E-state index < -0.39 is 41.1 Å². The third kappa shape index (κ3) is 3.68. The first-order valence-corrected chi connectivity index (χ1v) is 8.19. The highest BCUT2D eigenvalue weighted by Gasteiger charge is 2.53. The van der Waals surface area contributed by atoms with E-state index in [4.69, 9.17) is 0 Å². The van der Waals surface area contributed by atoms with Gasteiger partial charge in [-0.3, -0.25) is 14.4 Å². The van der Waals surface area contributed by atoms with Crippen LogP contribution in [0.5, 0.6) is 0 Å². The number of carbonyl (C=O) groups is 3. The number of halogens is 1. The van der Waals surface area contributed by atoms with Crippen LogP contribution < -0.4 is 10.6 Å². The lowest BCUT2D eigenvalue weighted by molar-refractivity contribution is -0.144. The number of amides is 3. The lowest BCUT2D eigenvalue weighted by Crippen LogP contribution is -2.58. The SMILES string of the molecule is CNC(=O)[C@@H]1C[C@@H](O)CN1C(=O)[C@@H](NC(=O)C1(F)CC1)C(C)(C)C. The maximum absolute atomic E-state index is 14.0. The number of β-amino-alcohol motifs (C(OH)–C–C–N with tert-alkyl or cyclic N) is 1. The summed E-state index contributed by atoms with van der Waals surface area (Å²) in [5.74, 6) is -1.64. The van der Waals surface area contributed by atoms with E-state index >= 15 is 0 Å². The zero-order valence-electron chi connectivity index (χ0n) is 14.6. The van der Waals surface area contributed by atoms with Crippen molar-refractivity contribution >= 4 is 17.7 Å². The maximum Gasteiger partial charge on any atom is 0.258 e. The van der Waals surface area contributed by atoms with Crippen LogP contribution in [-0.4, -0.2) is 65.2 Å². The molecule has 1 aliphatic heterocycles. The number of hydrogen-bond acceptors (Lipinski definition) is 4. The monoisotopic (exact) mass is 343 g/mol. The van der Waals surface area contributed by atoms with E-state index in [9.17, 15) is 23.9 Å². The highest BCUT2D eigenvalue weighted by atomic mass is 19.1. The van der Waals surface area contributed by atoms with E-state index in [0.717, 1.165) is 0 Å². The molecule has 8 heteroatoms. The van der Waals surface area contributed by atoms with Gasteiger partial charge in [-0.15, -0.1) is 0 Å². The Labute approximate surface area is 141 Å². The van der Waals surface area contributed by atoms with Gasteiger partial charge in [0.15, 0.2) is 5.67 Å². The molecule has 1 saturated heterocycles. The van der Waals surface area contributed by atoms with Crippen LogP contribution in [0.25, 0.3) is 0 Å². The summed E-state index contributed by atoms with van der Waals surface area (Å²) >= 11 is 0. The number of nitrogens with zero attached hydrogens (tertiary/aromatic N) is 1. The molecule has 2 fully saturated rings. The molecule has 1 aliphatic carbocycles. The first-order valence-electron chi connectivity index (χ1n) is 8.19. The summed E-state index contributed by atoms with van der Waals surface area (Å²) in [5.41, 5.74) is -2.55. The van der Waals surface area contributed by atoms with Crippen LogP contribution in [0, 0.1) is 5.41 Å². The predicted molar refractivity (Wildman–Crippen MR) is 84.7 cm³/mol. The van der Waals surface area contributed by atoms with Gasteiger partial charge < -0.3 is 20.6 Å². The Kier molecular flexibility index (Phi) is 4.90. The normalized spacial score (nSPS) is 26.7. The fraction of sp³-hybridized carbons (Fsp3) is 0.812. The summed E-state index contributed by atoms with van der Waals surface area (Å²) in [6.45, 7) is 5.29. The number of likely N-dealkylation sites (N-methyl/N-ethyl adjacent to an activating group) is 1. The first-order chi connectivity index (χ1) is 11.0. The molecule has 2 rings (SSSR count). The van der Waals surface area contributed by atoms with Crippen LogP contribution >= 0.6 is 0 Å². The number of likely N-dealkylation sites (tertiary alicyclic amines) is 1. The number of carbonyl (C=O) groups excluding carboxylic acids is 3. The molecule has 3 amide bonds. The van der Waals surface area contributed by atoms with Gasteiger partial charge in [-0.2, -0.15) is 0 Å². The van der Waals surface area contributed by atoms with Crippen molar-refractivity contribution in [1.29, 1.82) is 0 Å². The lowest BCUT2D eigenvalue weighted by Gasteiger charge is -2.35. The van der Waals surface area contributed by atoms with Crippen molar-refractivity contribution < 1.29 is 23.9 Å². The topological polar surface area (TPSA) is 98.7 Å². The second kappa shape index (κ2) is 6.31. The Bertz CT molecular complexity index is 542. The number of aliphatic hydroxyl groups is 1. The van der Waals surface area contributed by atoms with Crippen LogP contribution in [0.3, 0.4) is 0 Å². The van der Waals surface area contributed by atoms with Crippen LogP contribution in [0.4, 0.5) is 4.39 Å². The highest BCUT2D eigenvalue weighted by molar-refractivity contribution is 5.95. The van der Waals surface area contributed by atoms with Crippen molar-refractivity contribution in [3.63, 3.8) is 0 Å². The van der Waals surface area contributed by atoms with Crippen molar-refractivity contribution in [2.75, 3.05) is 13.6 Å². The standard InChI is InChI=1S/C16H26FN3O4/c1-15(2,3)11(19-14(24)16(17)5-6-16)13(23)20-8-9(21)7-10(20)12(22)18-4/h9-11,21H,5-8H2,1-4H3,(H,18,22)(H,19,24)/t9-,10+,11-/m1/s1. The van der Waals surface area contributed by atoms with Crippen LogP contribution in [0.1, 0.15) is 40.0 Å². The fourth-order valence-electron chi connectivity index (χ4n) is 2.88. The van der Waals surface area contributed by atoms with Gasteiger partial charge in [0.2, 0.25) is 11.8 Å². The molecule has 0 bridgehead atoms. The molecule has 0 aromatic carbocycles. The predicted octanol–water partition coefficient (Wildman–Crippen LogP) is -0.273. The average molecular weight is 343 g/mol. The van der Waals surface area contributed by atoms with Gasteiger partial charge in [-0.05, 0) is 18.3 Å². The summed E-state index contributed by atoms with van der Waals surface area (Å²) in [7, 11) is 1.46. The number of alkyl halides is 1. The minimum Gasteiger partial charge on any atom is -0.391 e. The molecule has 0 aromatic rings. The second-order valence-electron chi connectivity index (χ2n) is 7.75. The number of rotatable bonds is 4. The van der Waals surface area contributed by atoms with Crippen LogP contribution in [0.15, 0.2) is 0 Å². The Hall–Kier alpha value is -1.70. The summed E-state index contributed by atoms with van der Waals surface area (Å²) in [6.07, 6.45) is -0.340. The Morgan fingerprint density at radius 2 is 1.88 bits per heavy atom. The van der Waals surface area contributed by atoms with Crippen molar-refractivity contribution in [1.82, 2.24) is 15.5 Å². The number of nitrogens with one attached hydrogen (secondary N) is 2. The molecule has 0 radical (unpaired) electrons. The van der Waals surface area contributed by atoms with Gasteiger partial charge >= 0.3 is 0 Å². The van der Waals surface area contributed by atoms with Crippen molar-refractivity contribution in [2.45, 2.75) is 63.9 Å². The molecule has 0 unspecified atom stereocenters. The minimum absolute atomic E-state index is 0.0140. The Balaban J connectivity index is 2.20. The first kappa shape index (κ1) is 18.6.